The van der Waals surface area contributed by atoms with Gasteiger partial charge in [0.15, 0.2) is 0 Å². The van der Waals surface area contributed by atoms with Crippen molar-refractivity contribution in [1.82, 2.24) is 5.32 Å². The van der Waals surface area contributed by atoms with Gasteiger partial charge in [-0.25, -0.2) is 0 Å². The van der Waals surface area contributed by atoms with Crippen molar-refractivity contribution in [2.45, 2.75) is 46.7 Å². The van der Waals surface area contributed by atoms with Crippen LogP contribution in [0, 0.1) is 13.8 Å². The van der Waals surface area contributed by atoms with Crippen LogP contribution in [-0.4, -0.2) is 6.04 Å². The Morgan fingerprint density at radius 2 is 1.93 bits per heavy atom. The summed E-state index contributed by atoms with van der Waals surface area (Å²) in [5.74, 6) is 0. The van der Waals surface area contributed by atoms with Gasteiger partial charge >= 0.3 is 0 Å². The molecule has 1 rings (SSSR count). The summed E-state index contributed by atoms with van der Waals surface area (Å²) in [6.45, 7) is 9.74. The lowest BCUT2D eigenvalue weighted by Gasteiger charge is -2.13. The Labute approximate surface area is 99.7 Å². The highest BCUT2D eigenvalue weighted by Crippen LogP contribution is 2.10. The van der Waals surface area contributed by atoms with Crippen LogP contribution in [0.3, 0.4) is 0 Å². The zero-order chi connectivity index (χ0) is 10.6. The molecule has 1 aromatic carbocycles. The first kappa shape index (κ1) is 14.5. The molecule has 0 spiro atoms. The molecule has 0 fully saturated rings. The molecule has 1 nitrogen and oxygen atoms in total. The number of nitrogens with one attached hydrogen (secondary N) is 1. The second-order valence-electron chi connectivity index (χ2n) is 4.12. The number of benzene rings is 1. The lowest BCUT2D eigenvalue weighted by atomic mass is 10.1. The monoisotopic (exact) mass is 227 g/mol. The average molecular weight is 228 g/mol. The molecule has 0 aromatic heterocycles. The van der Waals surface area contributed by atoms with E-state index in [2.05, 4.69) is 51.2 Å². The van der Waals surface area contributed by atoms with E-state index in [1.165, 1.54) is 23.1 Å². The number of rotatable bonds is 4. The Morgan fingerprint density at radius 1 is 1.27 bits per heavy atom. The van der Waals surface area contributed by atoms with E-state index in [0.29, 0.717) is 6.04 Å². The summed E-state index contributed by atoms with van der Waals surface area (Å²) in [6, 6.07) is 7.25. The van der Waals surface area contributed by atoms with Crippen LogP contribution in [0.2, 0.25) is 0 Å². The van der Waals surface area contributed by atoms with E-state index < -0.39 is 0 Å². The third kappa shape index (κ3) is 4.67. The van der Waals surface area contributed by atoms with Crippen LogP contribution < -0.4 is 5.32 Å². The normalized spacial score (nSPS) is 12.0. The van der Waals surface area contributed by atoms with Gasteiger partial charge in [0.1, 0.15) is 0 Å². The SMILES string of the molecule is CCC(C)NCc1ccc(C)cc1C.Cl. The molecule has 15 heavy (non-hydrogen) atoms. The van der Waals surface area contributed by atoms with Gasteiger partial charge in [-0.2, -0.15) is 0 Å². The Hall–Kier alpha value is -0.530. The van der Waals surface area contributed by atoms with Crippen LogP contribution in [0.15, 0.2) is 18.2 Å². The summed E-state index contributed by atoms with van der Waals surface area (Å²) in [7, 11) is 0. The Morgan fingerprint density at radius 3 is 2.47 bits per heavy atom. The van der Waals surface area contributed by atoms with Crippen LogP contribution in [0.1, 0.15) is 37.0 Å². The smallest absolute Gasteiger partial charge is 0.0210 e. The highest BCUT2D eigenvalue weighted by atomic mass is 35.5. The second kappa shape index (κ2) is 6.86. The van der Waals surface area contributed by atoms with Crippen molar-refractivity contribution in [2.24, 2.45) is 0 Å². The molecule has 0 bridgehead atoms. The fraction of sp³-hybridized carbons (Fsp3) is 0.538. The standard InChI is InChI=1S/C13H21N.ClH/c1-5-12(4)14-9-13-7-6-10(2)8-11(13)3;/h6-8,12,14H,5,9H2,1-4H3;1H. The molecule has 1 aromatic rings. The highest BCUT2D eigenvalue weighted by Gasteiger charge is 2.00. The molecule has 1 unspecified atom stereocenters. The Bertz CT molecular complexity index is 297. The van der Waals surface area contributed by atoms with Crippen LogP contribution in [0.5, 0.6) is 0 Å². The predicted octanol–water partition coefficient (Wildman–Crippen LogP) is 3.61. The minimum Gasteiger partial charge on any atom is -0.310 e. The fourth-order valence-electron chi connectivity index (χ4n) is 1.47. The van der Waals surface area contributed by atoms with Crippen molar-refractivity contribution < 1.29 is 0 Å². The van der Waals surface area contributed by atoms with Gasteiger partial charge in [-0.3, -0.25) is 0 Å². The maximum absolute atomic E-state index is 3.51. The van der Waals surface area contributed by atoms with E-state index in [1.54, 1.807) is 0 Å². The molecular formula is C13H22ClN. The molecule has 0 saturated carbocycles. The van der Waals surface area contributed by atoms with Gasteiger partial charge in [0.25, 0.3) is 0 Å². The van der Waals surface area contributed by atoms with Crippen LogP contribution in [0.4, 0.5) is 0 Å². The number of hydrogen-bond donors (Lipinski definition) is 1. The van der Waals surface area contributed by atoms with E-state index in [4.69, 9.17) is 0 Å². The first-order valence-corrected chi connectivity index (χ1v) is 5.43. The van der Waals surface area contributed by atoms with Crippen molar-refractivity contribution in [2.75, 3.05) is 0 Å². The van der Waals surface area contributed by atoms with Crippen molar-refractivity contribution in [3.63, 3.8) is 0 Å². The van der Waals surface area contributed by atoms with Gasteiger partial charge in [-0.15, -0.1) is 12.4 Å². The van der Waals surface area contributed by atoms with E-state index in [-0.39, 0.29) is 12.4 Å². The molecule has 1 N–H and O–H groups in total. The van der Waals surface area contributed by atoms with Crippen LogP contribution >= 0.6 is 12.4 Å². The predicted molar refractivity (Wildman–Crippen MR) is 69.8 cm³/mol. The third-order valence-electron chi connectivity index (χ3n) is 2.75. The fourth-order valence-corrected chi connectivity index (χ4v) is 1.47. The minimum atomic E-state index is 0. The molecule has 0 saturated heterocycles. The van der Waals surface area contributed by atoms with Gasteiger partial charge in [0.2, 0.25) is 0 Å². The van der Waals surface area contributed by atoms with Crippen molar-refractivity contribution in [1.29, 1.82) is 0 Å². The maximum Gasteiger partial charge on any atom is 0.0210 e. The molecular weight excluding hydrogens is 206 g/mol. The molecule has 0 aliphatic rings. The zero-order valence-electron chi connectivity index (χ0n) is 10.1. The molecule has 1 atom stereocenters. The summed E-state index contributed by atoms with van der Waals surface area (Å²) in [4.78, 5) is 0. The third-order valence-corrected chi connectivity index (χ3v) is 2.75. The lowest BCUT2D eigenvalue weighted by molar-refractivity contribution is 0.533. The van der Waals surface area contributed by atoms with E-state index in [1.807, 2.05) is 0 Å². The van der Waals surface area contributed by atoms with E-state index >= 15 is 0 Å². The number of aryl methyl sites for hydroxylation is 2. The summed E-state index contributed by atoms with van der Waals surface area (Å²) in [6.07, 6.45) is 1.19. The minimum absolute atomic E-state index is 0. The first-order valence-electron chi connectivity index (χ1n) is 5.43. The quantitative estimate of drug-likeness (QED) is 0.829. The lowest BCUT2D eigenvalue weighted by Crippen LogP contribution is -2.24. The summed E-state index contributed by atoms with van der Waals surface area (Å²) in [5.41, 5.74) is 4.14. The number of halogens is 1. The number of hydrogen-bond acceptors (Lipinski definition) is 1. The molecule has 0 aliphatic heterocycles. The van der Waals surface area contributed by atoms with E-state index in [9.17, 15) is 0 Å². The van der Waals surface area contributed by atoms with Gasteiger partial charge in [-0.1, -0.05) is 30.7 Å². The maximum atomic E-state index is 3.51. The first-order chi connectivity index (χ1) is 6.63. The van der Waals surface area contributed by atoms with Crippen molar-refractivity contribution in [3.05, 3.63) is 34.9 Å². The molecule has 2 heteroatoms. The van der Waals surface area contributed by atoms with Gasteiger partial charge in [-0.05, 0) is 38.3 Å². The molecule has 0 radical (unpaired) electrons. The van der Waals surface area contributed by atoms with E-state index in [0.717, 1.165) is 6.54 Å². The van der Waals surface area contributed by atoms with Crippen molar-refractivity contribution >= 4 is 12.4 Å². The van der Waals surface area contributed by atoms with Gasteiger partial charge in [0, 0.05) is 12.6 Å². The summed E-state index contributed by atoms with van der Waals surface area (Å²) < 4.78 is 0. The molecule has 0 amide bonds. The van der Waals surface area contributed by atoms with Crippen LogP contribution in [-0.2, 0) is 6.54 Å². The molecule has 86 valence electrons. The Kier molecular flexibility index (Phi) is 6.62. The van der Waals surface area contributed by atoms with Gasteiger partial charge < -0.3 is 5.32 Å². The topological polar surface area (TPSA) is 12.0 Å². The molecule has 0 heterocycles. The molecule has 0 aliphatic carbocycles. The van der Waals surface area contributed by atoms with Crippen LogP contribution in [0.25, 0.3) is 0 Å². The summed E-state index contributed by atoms with van der Waals surface area (Å²) >= 11 is 0. The zero-order valence-corrected chi connectivity index (χ0v) is 10.9. The Balaban J connectivity index is 0.00000196. The highest BCUT2D eigenvalue weighted by molar-refractivity contribution is 5.85. The average Bonchev–Trinajstić information content (AvgIpc) is 2.16. The van der Waals surface area contributed by atoms with Crippen molar-refractivity contribution in [3.8, 4) is 0 Å². The summed E-state index contributed by atoms with van der Waals surface area (Å²) in [5, 5.41) is 3.51. The largest absolute Gasteiger partial charge is 0.310 e. The second-order valence-corrected chi connectivity index (χ2v) is 4.12. The van der Waals surface area contributed by atoms with Gasteiger partial charge in [0.05, 0.1) is 0 Å².